The zero-order valence-electron chi connectivity index (χ0n) is 19.2. The molecule has 0 saturated carbocycles. The van der Waals surface area contributed by atoms with Crippen molar-refractivity contribution in [2.45, 2.75) is 43.6 Å². The number of hydrogen-bond acceptors (Lipinski definition) is 4. The Kier molecular flexibility index (Phi) is 11.6. The zero-order chi connectivity index (χ0) is 25.9. The van der Waals surface area contributed by atoms with Crippen LogP contribution in [-0.2, 0) is 20.4 Å². The van der Waals surface area contributed by atoms with Gasteiger partial charge in [-0.25, -0.2) is 4.39 Å². The van der Waals surface area contributed by atoms with Crippen molar-refractivity contribution in [1.82, 2.24) is 15.1 Å². The molecule has 1 N–H and O–H groups in total. The fourth-order valence-corrected chi connectivity index (χ4v) is 4.85. The van der Waals surface area contributed by atoms with Crippen molar-refractivity contribution < 1.29 is 31.4 Å². The molecule has 2 fully saturated rings. The second kappa shape index (κ2) is 13.9. The highest BCUT2D eigenvalue weighted by atomic mass is 35.5. The van der Waals surface area contributed by atoms with E-state index >= 15 is 0 Å². The van der Waals surface area contributed by atoms with Gasteiger partial charge in [-0.2, -0.15) is 13.2 Å². The molecule has 1 aromatic carbocycles. The molecule has 35 heavy (non-hydrogen) atoms. The Bertz CT molecular complexity index is 859. The number of halogens is 5. The van der Waals surface area contributed by atoms with Crippen LogP contribution in [0.15, 0.2) is 41.8 Å². The van der Waals surface area contributed by atoms with Crippen LogP contribution < -0.4 is 5.32 Å². The topological polar surface area (TPSA) is 69.7 Å². The molecule has 0 aromatic heterocycles. The third-order valence-electron chi connectivity index (χ3n) is 5.60. The zero-order valence-corrected chi connectivity index (χ0v) is 20.8. The molecule has 0 bridgehead atoms. The number of benzene rings is 1. The highest BCUT2D eigenvalue weighted by Crippen LogP contribution is 2.26. The van der Waals surface area contributed by atoms with Crippen molar-refractivity contribution in [1.29, 1.82) is 0 Å². The van der Waals surface area contributed by atoms with Crippen LogP contribution >= 0.6 is 11.6 Å². The molecule has 3 heterocycles. The van der Waals surface area contributed by atoms with Gasteiger partial charge in [-0.05, 0) is 38.1 Å². The Hall–Kier alpha value is -1.98. The van der Waals surface area contributed by atoms with Crippen molar-refractivity contribution in [3.63, 3.8) is 0 Å². The smallest absolute Gasteiger partial charge is 0.346 e. The number of nitrogens with zero attached hydrogens (tertiary/aromatic N) is 2. The molecule has 4 rings (SSSR count). The van der Waals surface area contributed by atoms with Gasteiger partial charge in [0.2, 0.25) is 6.41 Å². The Morgan fingerprint density at radius 1 is 1.14 bits per heavy atom. The minimum atomic E-state index is -4.01. The molecular weight excluding hydrogens is 510 g/mol. The lowest BCUT2D eigenvalue weighted by molar-refractivity contribution is -0.143. The largest absolute Gasteiger partial charge is 0.401 e. The van der Waals surface area contributed by atoms with E-state index < -0.39 is 35.1 Å². The highest BCUT2D eigenvalue weighted by Gasteiger charge is 2.42. The van der Waals surface area contributed by atoms with Gasteiger partial charge >= 0.3 is 6.18 Å². The summed E-state index contributed by atoms with van der Waals surface area (Å²) >= 11 is 5.54. The molecule has 1 aromatic rings. The molecule has 0 spiro atoms. The summed E-state index contributed by atoms with van der Waals surface area (Å²) in [5.74, 6) is -0.357. The van der Waals surface area contributed by atoms with E-state index in [0.29, 0.717) is 25.3 Å². The lowest BCUT2D eigenvalue weighted by Crippen LogP contribution is -2.53. The van der Waals surface area contributed by atoms with Gasteiger partial charge in [0.1, 0.15) is 0 Å². The maximum atomic E-state index is 14.4. The van der Waals surface area contributed by atoms with E-state index in [2.05, 4.69) is 5.32 Å². The van der Waals surface area contributed by atoms with Gasteiger partial charge in [0.25, 0.3) is 5.91 Å². The first-order chi connectivity index (χ1) is 16.5. The maximum Gasteiger partial charge on any atom is 0.401 e. The minimum absolute atomic E-state index is 0.0110. The summed E-state index contributed by atoms with van der Waals surface area (Å²) in [7, 11) is -1.07. The van der Waals surface area contributed by atoms with Gasteiger partial charge in [-0.3, -0.25) is 18.7 Å². The number of nitrogens with one attached hydrogen (secondary N) is 1. The quantitative estimate of drug-likeness (QED) is 0.468. The lowest BCUT2D eigenvalue weighted by atomic mass is 9.92. The molecule has 3 aliphatic rings. The third kappa shape index (κ3) is 11.1. The van der Waals surface area contributed by atoms with Gasteiger partial charge in [-0.1, -0.05) is 35.9 Å². The van der Waals surface area contributed by atoms with E-state index in [0.717, 1.165) is 17.9 Å². The summed E-state index contributed by atoms with van der Waals surface area (Å²) in [5.41, 5.74) is -1.92. The SMILES string of the molecule is Clc1ccccc1.FC(F)(F)CN1CCCC1.O=CN1CCC(F)(C(=O)NC2C=CS(=O)C2)CC1. The van der Waals surface area contributed by atoms with Crippen LogP contribution in [0.5, 0.6) is 0 Å². The number of likely N-dealkylation sites (tertiary alicyclic amines) is 2. The normalized spacial score (nSPS) is 23.5. The van der Waals surface area contributed by atoms with E-state index in [1.807, 2.05) is 30.3 Å². The average Bonchev–Trinajstić information content (AvgIpc) is 3.46. The molecule has 2 atom stereocenters. The lowest BCUT2D eigenvalue weighted by Gasteiger charge is -2.33. The van der Waals surface area contributed by atoms with Crippen molar-refractivity contribution in [3.05, 3.63) is 46.8 Å². The number of piperidine rings is 1. The van der Waals surface area contributed by atoms with Gasteiger partial charge in [0, 0.05) is 47.2 Å². The third-order valence-corrected chi connectivity index (χ3v) is 7.00. The van der Waals surface area contributed by atoms with Crippen molar-refractivity contribution >= 4 is 34.7 Å². The first-order valence-corrected chi connectivity index (χ1v) is 13.0. The van der Waals surface area contributed by atoms with Gasteiger partial charge in [-0.15, -0.1) is 0 Å². The van der Waals surface area contributed by atoms with Crippen molar-refractivity contribution in [2.24, 2.45) is 0 Å². The van der Waals surface area contributed by atoms with Gasteiger partial charge in [0.15, 0.2) is 5.67 Å². The summed E-state index contributed by atoms with van der Waals surface area (Å²) in [6.45, 7) is 0.992. The standard InChI is InChI=1S/C11H15FN2O3S.C6H5Cl.C6H10F3N/c12-11(2-4-14(8-15)5-3-11)10(16)13-9-1-6-18(17)7-9;7-6-4-2-1-3-5-6;7-6(8,9)5-10-3-1-2-4-10/h1,6,8-9H,2-5,7H2,(H,13,16);1-5H;1-5H2. The number of alkyl halides is 4. The number of hydrogen-bond donors (Lipinski definition) is 1. The number of amides is 2. The summed E-state index contributed by atoms with van der Waals surface area (Å²) in [6.07, 6.45) is 0.128. The Balaban J connectivity index is 0.000000212. The number of carbonyl (C=O) groups is 2. The molecule has 0 radical (unpaired) electrons. The molecule has 3 aliphatic heterocycles. The maximum absolute atomic E-state index is 14.4. The Morgan fingerprint density at radius 3 is 2.17 bits per heavy atom. The fraction of sp³-hybridized carbons (Fsp3) is 0.565. The first kappa shape index (κ1) is 29.3. The van der Waals surface area contributed by atoms with Crippen LogP contribution in [0, 0.1) is 0 Å². The van der Waals surface area contributed by atoms with E-state index in [9.17, 15) is 31.4 Å². The van der Waals surface area contributed by atoms with Crippen LogP contribution in [0.3, 0.4) is 0 Å². The van der Waals surface area contributed by atoms with Crippen LogP contribution in [-0.4, -0.2) is 82.7 Å². The summed E-state index contributed by atoms with van der Waals surface area (Å²) < 4.78 is 60.5. The van der Waals surface area contributed by atoms with Crippen LogP contribution in [0.1, 0.15) is 25.7 Å². The van der Waals surface area contributed by atoms with E-state index in [-0.39, 0.29) is 32.0 Å². The highest BCUT2D eigenvalue weighted by molar-refractivity contribution is 7.88. The number of rotatable bonds is 4. The molecule has 6 nitrogen and oxygen atoms in total. The second-order valence-electron chi connectivity index (χ2n) is 8.46. The van der Waals surface area contributed by atoms with Gasteiger partial charge in [0.05, 0.1) is 18.3 Å². The Morgan fingerprint density at radius 2 is 1.74 bits per heavy atom. The first-order valence-electron chi connectivity index (χ1n) is 11.3. The molecule has 196 valence electrons. The van der Waals surface area contributed by atoms with Gasteiger partial charge < -0.3 is 10.2 Å². The van der Waals surface area contributed by atoms with E-state index in [1.165, 1.54) is 15.2 Å². The molecule has 2 unspecified atom stereocenters. The number of carbonyl (C=O) groups excluding carboxylic acids is 2. The minimum Gasteiger partial charge on any atom is -0.346 e. The molecule has 0 aliphatic carbocycles. The molecule has 2 amide bonds. The van der Waals surface area contributed by atoms with Crippen molar-refractivity contribution in [2.75, 3.05) is 38.5 Å². The van der Waals surface area contributed by atoms with Crippen molar-refractivity contribution in [3.8, 4) is 0 Å². The Labute approximate surface area is 210 Å². The summed E-state index contributed by atoms with van der Waals surface area (Å²) in [4.78, 5) is 25.3. The van der Waals surface area contributed by atoms with Crippen LogP contribution in [0.2, 0.25) is 5.02 Å². The van der Waals surface area contributed by atoms with Crippen LogP contribution in [0.4, 0.5) is 17.6 Å². The second-order valence-corrected chi connectivity index (χ2v) is 10.3. The summed E-state index contributed by atoms with van der Waals surface area (Å²) in [5, 5.41) is 4.85. The average molecular weight is 540 g/mol. The molecular formula is C23H30ClF4N3O3S. The predicted octanol–water partition coefficient (Wildman–Crippen LogP) is 3.69. The molecule has 2 saturated heterocycles. The van der Waals surface area contributed by atoms with Crippen LogP contribution in [0.25, 0.3) is 0 Å². The predicted molar refractivity (Wildman–Crippen MR) is 128 cm³/mol. The van der Waals surface area contributed by atoms with E-state index in [4.69, 9.17) is 11.6 Å². The molecule has 12 heteroatoms. The monoisotopic (exact) mass is 539 g/mol. The fourth-order valence-electron chi connectivity index (χ4n) is 3.68. The summed E-state index contributed by atoms with van der Waals surface area (Å²) in [6, 6.07) is 9.09. The van der Waals surface area contributed by atoms with E-state index in [1.54, 1.807) is 6.08 Å².